The van der Waals surface area contributed by atoms with Gasteiger partial charge in [0.15, 0.2) is 5.96 Å². The zero-order chi connectivity index (χ0) is 20.5. The lowest BCUT2D eigenvalue weighted by molar-refractivity contribution is -0.129. The van der Waals surface area contributed by atoms with Gasteiger partial charge in [0, 0.05) is 56.4 Å². The fourth-order valence-electron chi connectivity index (χ4n) is 3.21. The monoisotopic (exact) mass is 545 g/mol. The number of guanidine groups is 1. The van der Waals surface area contributed by atoms with Crippen LogP contribution in [0.3, 0.4) is 0 Å². The van der Waals surface area contributed by atoms with Gasteiger partial charge in [0.25, 0.3) is 0 Å². The van der Waals surface area contributed by atoms with Crippen LogP contribution in [0.15, 0.2) is 52.1 Å². The SMILES string of the molecule is CCNC(=NCC(=O)N1CCN(c2ccc(Cl)cc2)CC1)NCCc1ccco1.I. The number of benzene rings is 1. The second-order valence-corrected chi connectivity index (χ2v) is 7.23. The minimum absolute atomic E-state index is 0. The largest absolute Gasteiger partial charge is 0.469 e. The molecule has 0 unspecified atom stereocenters. The van der Waals surface area contributed by atoms with Gasteiger partial charge in [0.05, 0.1) is 6.26 Å². The van der Waals surface area contributed by atoms with E-state index in [1.807, 2.05) is 48.2 Å². The summed E-state index contributed by atoms with van der Waals surface area (Å²) in [4.78, 5) is 21.2. The van der Waals surface area contributed by atoms with Crippen LogP contribution in [0.1, 0.15) is 12.7 Å². The number of nitrogens with one attached hydrogen (secondary N) is 2. The van der Waals surface area contributed by atoms with Gasteiger partial charge in [-0.15, -0.1) is 24.0 Å². The number of nitrogens with zero attached hydrogens (tertiary/aromatic N) is 3. The second kappa shape index (κ2) is 12.7. The average Bonchev–Trinajstić information content (AvgIpc) is 3.26. The van der Waals surface area contributed by atoms with Gasteiger partial charge in [-0.25, -0.2) is 4.99 Å². The van der Waals surface area contributed by atoms with Crippen molar-refractivity contribution < 1.29 is 9.21 Å². The van der Waals surface area contributed by atoms with Crippen LogP contribution in [0, 0.1) is 0 Å². The van der Waals surface area contributed by atoms with Crippen molar-refractivity contribution in [1.82, 2.24) is 15.5 Å². The number of carbonyl (C=O) groups excluding carboxylic acids is 1. The molecule has 2 N–H and O–H groups in total. The molecule has 9 heteroatoms. The van der Waals surface area contributed by atoms with E-state index in [0.29, 0.717) is 25.6 Å². The number of halogens is 2. The number of hydrogen-bond donors (Lipinski definition) is 2. The minimum Gasteiger partial charge on any atom is -0.469 e. The quantitative estimate of drug-likeness (QED) is 0.318. The van der Waals surface area contributed by atoms with Crippen molar-refractivity contribution in [3.63, 3.8) is 0 Å². The Morgan fingerprint density at radius 2 is 1.87 bits per heavy atom. The topological polar surface area (TPSA) is 73.1 Å². The molecule has 0 saturated carbocycles. The van der Waals surface area contributed by atoms with E-state index < -0.39 is 0 Å². The lowest BCUT2D eigenvalue weighted by Crippen LogP contribution is -2.49. The maximum absolute atomic E-state index is 12.6. The third-order valence-corrected chi connectivity index (χ3v) is 5.04. The van der Waals surface area contributed by atoms with Gasteiger partial charge in [-0.05, 0) is 43.3 Å². The predicted octanol–water partition coefficient (Wildman–Crippen LogP) is 3.00. The summed E-state index contributed by atoms with van der Waals surface area (Å²) >= 11 is 5.96. The average molecular weight is 546 g/mol. The Hall–Kier alpha value is -1.94. The number of amides is 1. The Balaban J connectivity index is 0.00000320. The summed E-state index contributed by atoms with van der Waals surface area (Å²) in [6.45, 7) is 6.56. The van der Waals surface area contributed by atoms with Crippen molar-refractivity contribution in [3.8, 4) is 0 Å². The van der Waals surface area contributed by atoms with Gasteiger partial charge in [0.2, 0.25) is 5.91 Å². The Morgan fingerprint density at radius 3 is 2.50 bits per heavy atom. The fraction of sp³-hybridized carbons (Fsp3) is 0.429. The summed E-state index contributed by atoms with van der Waals surface area (Å²) in [6.07, 6.45) is 2.43. The highest BCUT2D eigenvalue weighted by Gasteiger charge is 2.21. The molecule has 1 saturated heterocycles. The number of hydrogen-bond acceptors (Lipinski definition) is 4. The molecule has 164 valence electrons. The molecule has 1 aliphatic heterocycles. The van der Waals surface area contributed by atoms with Crippen LogP contribution < -0.4 is 15.5 Å². The summed E-state index contributed by atoms with van der Waals surface area (Å²) in [6, 6.07) is 11.6. The van der Waals surface area contributed by atoms with Gasteiger partial charge >= 0.3 is 0 Å². The number of piperazine rings is 1. The van der Waals surface area contributed by atoms with Crippen molar-refractivity contribution >= 4 is 53.1 Å². The Morgan fingerprint density at radius 1 is 1.13 bits per heavy atom. The summed E-state index contributed by atoms with van der Waals surface area (Å²) in [5, 5.41) is 7.14. The maximum atomic E-state index is 12.6. The molecule has 1 amide bonds. The molecule has 0 spiro atoms. The van der Waals surface area contributed by atoms with E-state index in [0.717, 1.165) is 42.5 Å². The molecule has 0 bridgehead atoms. The van der Waals surface area contributed by atoms with Crippen LogP contribution in [-0.2, 0) is 11.2 Å². The van der Waals surface area contributed by atoms with Crippen LogP contribution in [-0.4, -0.2) is 62.6 Å². The zero-order valence-corrected chi connectivity index (χ0v) is 20.2. The summed E-state index contributed by atoms with van der Waals surface area (Å²) in [5.41, 5.74) is 1.13. The second-order valence-electron chi connectivity index (χ2n) is 6.80. The predicted molar refractivity (Wildman–Crippen MR) is 132 cm³/mol. The molecular formula is C21H29ClIN5O2. The summed E-state index contributed by atoms with van der Waals surface area (Å²) in [5.74, 6) is 1.61. The first kappa shape index (κ1) is 24.3. The van der Waals surface area contributed by atoms with E-state index >= 15 is 0 Å². The van der Waals surface area contributed by atoms with Crippen molar-refractivity contribution in [2.24, 2.45) is 4.99 Å². The van der Waals surface area contributed by atoms with Crippen molar-refractivity contribution in [1.29, 1.82) is 0 Å². The van der Waals surface area contributed by atoms with Crippen LogP contribution in [0.4, 0.5) is 5.69 Å². The molecule has 30 heavy (non-hydrogen) atoms. The molecule has 1 aromatic heterocycles. The molecule has 7 nitrogen and oxygen atoms in total. The number of carbonyl (C=O) groups is 1. The van der Waals surface area contributed by atoms with Gasteiger partial charge in [-0.3, -0.25) is 4.79 Å². The fourth-order valence-corrected chi connectivity index (χ4v) is 3.34. The van der Waals surface area contributed by atoms with E-state index in [1.165, 1.54) is 0 Å². The van der Waals surface area contributed by atoms with Crippen LogP contribution in [0.5, 0.6) is 0 Å². The molecule has 0 atom stereocenters. The Labute approximate surface area is 199 Å². The van der Waals surface area contributed by atoms with E-state index in [9.17, 15) is 4.79 Å². The standard InChI is InChI=1S/C21H28ClN5O2.HI/c1-2-23-21(24-10-9-19-4-3-15-29-19)25-16-20(28)27-13-11-26(12-14-27)18-7-5-17(22)6-8-18;/h3-8,15H,2,9-14,16H2,1H3,(H2,23,24,25);1H. The number of furan rings is 1. The first-order valence-corrected chi connectivity index (χ1v) is 10.4. The molecule has 3 rings (SSSR count). The number of rotatable bonds is 7. The minimum atomic E-state index is 0. The highest BCUT2D eigenvalue weighted by atomic mass is 127. The van der Waals surface area contributed by atoms with Crippen molar-refractivity contribution in [3.05, 3.63) is 53.4 Å². The van der Waals surface area contributed by atoms with Crippen LogP contribution in [0.2, 0.25) is 5.02 Å². The smallest absolute Gasteiger partial charge is 0.244 e. The molecule has 1 fully saturated rings. The first-order chi connectivity index (χ1) is 14.2. The van der Waals surface area contributed by atoms with E-state index in [1.54, 1.807) is 6.26 Å². The van der Waals surface area contributed by atoms with Crippen molar-refractivity contribution in [2.45, 2.75) is 13.3 Å². The molecule has 1 aliphatic rings. The highest BCUT2D eigenvalue weighted by Crippen LogP contribution is 2.19. The lowest BCUT2D eigenvalue weighted by Gasteiger charge is -2.36. The molecule has 2 heterocycles. The normalized spacial score (nSPS) is 14.3. The molecule has 0 radical (unpaired) electrons. The lowest BCUT2D eigenvalue weighted by atomic mass is 10.2. The number of aliphatic imine (C=N–C) groups is 1. The van der Waals surface area contributed by atoms with Gasteiger partial charge in [0.1, 0.15) is 12.3 Å². The Bertz CT molecular complexity index is 790. The van der Waals surface area contributed by atoms with E-state index in [2.05, 4.69) is 20.5 Å². The molecule has 1 aromatic carbocycles. The van der Waals surface area contributed by atoms with Gasteiger partial charge in [-0.2, -0.15) is 0 Å². The summed E-state index contributed by atoms with van der Waals surface area (Å²) < 4.78 is 5.33. The zero-order valence-electron chi connectivity index (χ0n) is 17.1. The maximum Gasteiger partial charge on any atom is 0.244 e. The van der Waals surface area contributed by atoms with Crippen molar-refractivity contribution in [2.75, 3.05) is 50.7 Å². The molecule has 0 aliphatic carbocycles. The van der Waals surface area contributed by atoms with E-state index in [4.69, 9.17) is 16.0 Å². The third kappa shape index (κ3) is 7.39. The molecular weight excluding hydrogens is 517 g/mol. The van der Waals surface area contributed by atoms with Crippen LogP contribution in [0.25, 0.3) is 0 Å². The Kier molecular flexibility index (Phi) is 10.3. The van der Waals surface area contributed by atoms with E-state index in [-0.39, 0.29) is 36.4 Å². The third-order valence-electron chi connectivity index (χ3n) is 4.78. The summed E-state index contributed by atoms with van der Waals surface area (Å²) in [7, 11) is 0. The van der Waals surface area contributed by atoms with Crippen LogP contribution >= 0.6 is 35.6 Å². The molecule has 2 aromatic rings. The van der Waals surface area contributed by atoms with Gasteiger partial charge in [-0.1, -0.05) is 11.6 Å². The number of anilines is 1. The highest BCUT2D eigenvalue weighted by molar-refractivity contribution is 14.0. The van der Waals surface area contributed by atoms with Gasteiger partial charge < -0.3 is 24.9 Å². The first-order valence-electron chi connectivity index (χ1n) is 9.98.